The van der Waals surface area contributed by atoms with E-state index in [0.717, 1.165) is 32.5 Å². The summed E-state index contributed by atoms with van der Waals surface area (Å²) in [4.78, 5) is 13.5. The van der Waals surface area contributed by atoms with Gasteiger partial charge in [-0.25, -0.2) is 4.79 Å². The van der Waals surface area contributed by atoms with Crippen LogP contribution in [-0.4, -0.2) is 56.4 Å². The van der Waals surface area contributed by atoms with Crippen LogP contribution in [0, 0.1) is 0 Å². The molecule has 1 saturated heterocycles. The van der Waals surface area contributed by atoms with Crippen LogP contribution in [0.3, 0.4) is 0 Å². The molecule has 2 fully saturated rings. The Morgan fingerprint density at radius 3 is 3.00 bits per heavy atom. The van der Waals surface area contributed by atoms with E-state index in [9.17, 15) is 4.79 Å². The van der Waals surface area contributed by atoms with E-state index in [4.69, 9.17) is 4.74 Å². The molecule has 5 nitrogen and oxygen atoms in total. The minimum atomic E-state index is -0.0608. The summed E-state index contributed by atoms with van der Waals surface area (Å²) in [5.74, 6) is 0. The molecular formula is C10H19N3O2. The Morgan fingerprint density at radius 1 is 1.53 bits per heavy atom. The first-order chi connectivity index (χ1) is 7.24. The molecule has 2 rings (SSSR count). The average Bonchev–Trinajstić information content (AvgIpc) is 2.99. The lowest BCUT2D eigenvalue weighted by atomic mass is 10.3. The zero-order chi connectivity index (χ0) is 10.7. The SMILES string of the molecule is CN1CCOC(CNC(=O)NC2CC2)C1. The summed E-state index contributed by atoms with van der Waals surface area (Å²) >= 11 is 0. The van der Waals surface area contributed by atoms with Crippen molar-refractivity contribution >= 4 is 6.03 Å². The third-order valence-corrected chi connectivity index (χ3v) is 2.74. The van der Waals surface area contributed by atoms with Gasteiger partial charge in [-0.15, -0.1) is 0 Å². The Bertz CT molecular complexity index is 231. The van der Waals surface area contributed by atoms with Gasteiger partial charge in [0.15, 0.2) is 0 Å². The van der Waals surface area contributed by atoms with E-state index < -0.39 is 0 Å². The fraction of sp³-hybridized carbons (Fsp3) is 0.900. The Hall–Kier alpha value is -0.810. The highest BCUT2D eigenvalue weighted by Crippen LogP contribution is 2.18. The maximum Gasteiger partial charge on any atom is 0.315 e. The van der Waals surface area contributed by atoms with Crippen molar-refractivity contribution in [1.82, 2.24) is 15.5 Å². The van der Waals surface area contributed by atoms with Crippen molar-refractivity contribution in [2.24, 2.45) is 0 Å². The van der Waals surface area contributed by atoms with Gasteiger partial charge >= 0.3 is 6.03 Å². The van der Waals surface area contributed by atoms with Crippen molar-refractivity contribution in [2.45, 2.75) is 25.0 Å². The standard InChI is InChI=1S/C10H19N3O2/c1-13-4-5-15-9(7-13)6-11-10(14)12-8-2-3-8/h8-9H,2-7H2,1H3,(H2,11,12,14). The van der Waals surface area contributed by atoms with E-state index in [0.29, 0.717) is 12.6 Å². The first kappa shape index (κ1) is 10.7. The van der Waals surface area contributed by atoms with Crippen LogP contribution in [-0.2, 0) is 4.74 Å². The summed E-state index contributed by atoms with van der Waals surface area (Å²) in [5.41, 5.74) is 0. The third kappa shape index (κ3) is 3.68. The predicted molar refractivity (Wildman–Crippen MR) is 56.8 cm³/mol. The number of ether oxygens (including phenoxy) is 1. The van der Waals surface area contributed by atoms with Crippen molar-refractivity contribution in [1.29, 1.82) is 0 Å². The van der Waals surface area contributed by atoms with Crippen LogP contribution in [0.5, 0.6) is 0 Å². The highest BCUT2D eigenvalue weighted by Gasteiger charge is 2.24. The molecule has 1 aliphatic heterocycles. The molecule has 0 aromatic rings. The molecule has 2 amide bonds. The maximum absolute atomic E-state index is 11.3. The predicted octanol–water partition coefficient (Wildman–Crippen LogP) is -0.221. The monoisotopic (exact) mass is 213 g/mol. The number of morpholine rings is 1. The van der Waals surface area contributed by atoms with Crippen molar-refractivity contribution in [3.63, 3.8) is 0 Å². The van der Waals surface area contributed by atoms with E-state index in [-0.39, 0.29) is 12.1 Å². The minimum Gasteiger partial charge on any atom is -0.374 e. The molecule has 2 N–H and O–H groups in total. The number of likely N-dealkylation sites (N-methyl/N-ethyl adjacent to an activating group) is 1. The lowest BCUT2D eigenvalue weighted by Gasteiger charge is -2.30. The second kappa shape index (κ2) is 4.81. The second-order valence-electron chi connectivity index (χ2n) is 4.38. The molecule has 0 radical (unpaired) electrons. The van der Waals surface area contributed by atoms with Gasteiger partial charge in [0.25, 0.3) is 0 Å². The van der Waals surface area contributed by atoms with Gasteiger partial charge in [0.1, 0.15) is 0 Å². The molecule has 1 saturated carbocycles. The lowest BCUT2D eigenvalue weighted by Crippen LogP contribution is -2.48. The van der Waals surface area contributed by atoms with Crippen molar-refractivity contribution in [2.75, 3.05) is 33.3 Å². The van der Waals surface area contributed by atoms with Crippen LogP contribution in [0.15, 0.2) is 0 Å². The number of carbonyl (C=O) groups is 1. The molecule has 0 aromatic heterocycles. The topological polar surface area (TPSA) is 53.6 Å². The summed E-state index contributed by atoms with van der Waals surface area (Å²) in [5, 5.41) is 5.73. The largest absolute Gasteiger partial charge is 0.374 e. The zero-order valence-corrected chi connectivity index (χ0v) is 9.16. The Balaban J connectivity index is 1.61. The first-order valence-corrected chi connectivity index (χ1v) is 5.58. The van der Waals surface area contributed by atoms with Crippen LogP contribution >= 0.6 is 0 Å². The molecule has 1 heterocycles. The van der Waals surface area contributed by atoms with E-state index in [1.807, 2.05) is 0 Å². The maximum atomic E-state index is 11.3. The highest BCUT2D eigenvalue weighted by molar-refractivity contribution is 5.74. The summed E-state index contributed by atoms with van der Waals surface area (Å²) in [7, 11) is 2.07. The van der Waals surface area contributed by atoms with Gasteiger partial charge in [-0.3, -0.25) is 0 Å². The van der Waals surface area contributed by atoms with Gasteiger partial charge in [-0.05, 0) is 19.9 Å². The van der Waals surface area contributed by atoms with Gasteiger partial charge in [0, 0.05) is 25.7 Å². The van der Waals surface area contributed by atoms with Crippen molar-refractivity contribution < 1.29 is 9.53 Å². The Labute approximate surface area is 90.1 Å². The summed E-state index contributed by atoms with van der Waals surface area (Å²) < 4.78 is 5.54. The Kier molecular flexibility index (Phi) is 3.43. The first-order valence-electron chi connectivity index (χ1n) is 5.58. The number of nitrogens with zero attached hydrogens (tertiary/aromatic N) is 1. The van der Waals surface area contributed by atoms with Gasteiger partial charge in [0.2, 0.25) is 0 Å². The molecule has 0 spiro atoms. The number of rotatable bonds is 3. The number of carbonyl (C=O) groups excluding carboxylic acids is 1. The molecule has 5 heteroatoms. The van der Waals surface area contributed by atoms with E-state index in [2.05, 4.69) is 22.6 Å². The molecule has 86 valence electrons. The average molecular weight is 213 g/mol. The molecule has 1 aliphatic carbocycles. The quantitative estimate of drug-likeness (QED) is 0.681. The van der Waals surface area contributed by atoms with Crippen LogP contribution < -0.4 is 10.6 Å². The van der Waals surface area contributed by atoms with E-state index >= 15 is 0 Å². The lowest BCUT2D eigenvalue weighted by molar-refractivity contribution is -0.0167. The zero-order valence-electron chi connectivity index (χ0n) is 9.16. The number of nitrogens with one attached hydrogen (secondary N) is 2. The highest BCUT2D eigenvalue weighted by atomic mass is 16.5. The fourth-order valence-corrected chi connectivity index (χ4v) is 1.66. The van der Waals surface area contributed by atoms with Gasteiger partial charge < -0.3 is 20.3 Å². The van der Waals surface area contributed by atoms with Gasteiger partial charge in [-0.2, -0.15) is 0 Å². The van der Waals surface area contributed by atoms with E-state index in [1.165, 1.54) is 0 Å². The number of urea groups is 1. The Morgan fingerprint density at radius 2 is 2.33 bits per heavy atom. The fourth-order valence-electron chi connectivity index (χ4n) is 1.66. The van der Waals surface area contributed by atoms with Crippen LogP contribution in [0.2, 0.25) is 0 Å². The molecule has 0 bridgehead atoms. The summed E-state index contributed by atoms with van der Waals surface area (Å²) in [6.45, 7) is 3.23. The van der Waals surface area contributed by atoms with Crippen LogP contribution in [0.4, 0.5) is 4.79 Å². The van der Waals surface area contributed by atoms with Gasteiger partial charge in [0.05, 0.1) is 12.7 Å². The molecular weight excluding hydrogens is 194 g/mol. The molecule has 15 heavy (non-hydrogen) atoms. The second-order valence-corrected chi connectivity index (χ2v) is 4.38. The number of amides is 2. The smallest absolute Gasteiger partial charge is 0.315 e. The molecule has 2 aliphatic rings. The summed E-state index contributed by atoms with van der Waals surface area (Å²) in [6.07, 6.45) is 2.38. The summed E-state index contributed by atoms with van der Waals surface area (Å²) in [6, 6.07) is 0.356. The normalized spacial score (nSPS) is 27.4. The molecule has 1 unspecified atom stereocenters. The third-order valence-electron chi connectivity index (χ3n) is 2.74. The van der Waals surface area contributed by atoms with Crippen molar-refractivity contribution in [3.05, 3.63) is 0 Å². The van der Waals surface area contributed by atoms with Crippen molar-refractivity contribution in [3.8, 4) is 0 Å². The number of hydrogen-bond donors (Lipinski definition) is 2. The molecule has 1 atom stereocenters. The molecule has 0 aromatic carbocycles. The number of hydrogen-bond acceptors (Lipinski definition) is 3. The van der Waals surface area contributed by atoms with E-state index in [1.54, 1.807) is 0 Å². The minimum absolute atomic E-state index is 0.0608. The van der Waals surface area contributed by atoms with Crippen LogP contribution in [0.25, 0.3) is 0 Å². The van der Waals surface area contributed by atoms with Crippen LogP contribution in [0.1, 0.15) is 12.8 Å². The van der Waals surface area contributed by atoms with Gasteiger partial charge in [-0.1, -0.05) is 0 Å².